The maximum atomic E-state index is 13.5. The summed E-state index contributed by atoms with van der Waals surface area (Å²) in [7, 11) is 0. The van der Waals surface area contributed by atoms with Gasteiger partial charge in [-0.2, -0.15) is 0 Å². The lowest BCUT2D eigenvalue weighted by Gasteiger charge is -2.37. The second-order valence-electron chi connectivity index (χ2n) is 6.60. The van der Waals surface area contributed by atoms with Crippen LogP contribution in [0.15, 0.2) is 72.1 Å². The number of aromatic nitrogens is 1. The Morgan fingerprint density at radius 3 is 2.59 bits per heavy atom. The lowest BCUT2D eigenvalue weighted by molar-refractivity contribution is 0.0975. The van der Waals surface area contributed by atoms with Crippen LogP contribution in [0, 0.1) is 6.92 Å². The molecule has 5 rings (SSSR count). The largest absolute Gasteiger partial charge is 0.344 e. The van der Waals surface area contributed by atoms with Gasteiger partial charge in [0.25, 0.3) is 5.91 Å². The molecule has 4 nitrogen and oxygen atoms in total. The van der Waals surface area contributed by atoms with E-state index < -0.39 is 0 Å². The van der Waals surface area contributed by atoms with E-state index in [4.69, 9.17) is 4.98 Å². The van der Waals surface area contributed by atoms with Crippen molar-refractivity contribution in [2.24, 2.45) is 0 Å². The molecule has 0 spiro atoms. The van der Waals surface area contributed by atoms with Gasteiger partial charge in [-0.1, -0.05) is 36.4 Å². The van der Waals surface area contributed by atoms with Crippen LogP contribution in [0.25, 0.3) is 10.9 Å². The number of anilines is 2. The zero-order valence-electron chi connectivity index (χ0n) is 14.7. The number of carbonyl (C=O) groups excluding carboxylic acids is 1. The summed E-state index contributed by atoms with van der Waals surface area (Å²) in [4.78, 5) is 21.2. The molecular weight excluding hydrogens is 354 g/mol. The van der Waals surface area contributed by atoms with Gasteiger partial charge in [0.2, 0.25) is 0 Å². The first-order chi connectivity index (χ1) is 13.2. The minimum absolute atomic E-state index is 0.0361. The number of hydrogen-bond donors (Lipinski definition) is 1. The van der Waals surface area contributed by atoms with Crippen molar-refractivity contribution in [2.45, 2.75) is 13.1 Å². The Morgan fingerprint density at radius 2 is 1.81 bits per heavy atom. The van der Waals surface area contributed by atoms with Crippen LogP contribution in [0.1, 0.15) is 27.0 Å². The van der Waals surface area contributed by atoms with Gasteiger partial charge >= 0.3 is 0 Å². The fourth-order valence-electron chi connectivity index (χ4n) is 3.53. The lowest BCUT2D eigenvalue weighted by atomic mass is 10.1. The molecule has 0 unspecified atom stereocenters. The maximum absolute atomic E-state index is 13.5. The molecule has 2 aromatic heterocycles. The van der Waals surface area contributed by atoms with Gasteiger partial charge in [-0.15, -0.1) is 11.3 Å². The van der Waals surface area contributed by atoms with E-state index >= 15 is 0 Å². The van der Waals surface area contributed by atoms with Gasteiger partial charge in [0.1, 0.15) is 12.0 Å². The van der Waals surface area contributed by atoms with Crippen molar-refractivity contribution < 1.29 is 4.79 Å². The Hall–Kier alpha value is -3.18. The summed E-state index contributed by atoms with van der Waals surface area (Å²) < 4.78 is 0. The Morgan fingerprint density at radius 1 is 1.04 bits per heavy atom. The molecule has 1 N–H and O–H groups in total. The average molecular weight is 371 g/mol. The average Bonchev–Trinajstić information content (AvgIpc) is 3.13. The van der Waals surface area contributed by atoms with Crippen molar-refractivity contribution in [2.75, 3.05) is 10.2 Å². The molecule has 0 bridgehead atoms. The number of carbonyl (C=O) groups is 1. The van der Waals surface area contributed by atoms with Gasteiger partial charge in [0, 0.05) is 11.1 Å². The zero-order chi connectivity index (χ0) is 18.4. The van der Waals surface area contributed by atoms with Crippen molar-refractivity contribution in [1.82, 2.24) is 4.98 Å². The van der Waals surface area contributed by atoms with E-state index in [1.807, 2.05) is 65.6 Å². The Balaban J connectivity index is 1.72. The number of benzene rings is 2. The van der Waals surface area contributed by atoms with Crippen molar-refractivity contribution in [3.05, 3.63) is 88.1 Å². The summed E-state index contributed by atoms with van der Waals surface area (Å²) in [6.45, 7) is 2.07. The molecular formula is C22H17N3OS. The highest BCUT2D eigenvalue weighted by Crippen LogP contribution is 2.39. The first kappa shape index (κ1) is 16.0. The number of nitrogens with one attached hydrogen (secondary N) is 1. The van der Waals surface area contributed by atoms with E-state index in [2.05, 4.69) is 23.7 Å². The Kier molecular flexibility index (Phi) is 3.69. The standard InChI is InChI=1S/C22H17N3OS/c1-14-11-12-27-19(14)21-24-20-17(13-15-7-5-6-10-18(15)23-20)22(26)25(21)16-8-3-2-4-9-16/h2-13,21H,1H3,(H,23,24)/t21-/m1/s1. The molecule has 0 saturated heterocycles. The number of aryl methyl sites for hydroxylation is 1. The van der Waals surface area contributed by atoms with Crippen molar-refractivity contribution in [3.63, 3.8) is 0 Å². The second kappa shape index (κ2) is 6.21. The molecule has 2 aromatic carbocycles. The fraction of sp³-hybridized carbons (Fsp3) is 0.0909. The maximum Gasteiger partial charge on any atom is 0.264 e. The second-order valence-corrected chi connectivity index (χ2v) is 7.55. The number of para-hydroxylation sites is 2. The minimum atomic E-state index is -0.277. The third-order valence-electron chi connectivity index (χ3n) is 4.89. The van der Waals surface area contributed by atoms with Gasteiger partial charge in [0.15, 0.2) is 0 Å². The summed E-state index contributed by atoms with van der Waals surface area (Å²) >= 11 is 1.65. The quantitative estimate of drug-likeness (QED) is 0.515. The van der Waals surface area contributed by atoms with Gasteiger partial charge in [0.05, 0.1) is 16.0 Å². The highest BCUT2D eigenvalue weighted by molar-refractivity contribution is 7.10. The number of pyridine rings is 1. The Labute approximate surface area is 161 Å². The van der Waals surface area contributed by atoms with E-state index in [9.17, 15) is 4.79 Å². The van der Waals surface area contributed by atoms with Crippen LogP contribution in [0.2, 0.25) is 0 Å². The molecule has 1 aliphatic rings. The van der Waals surface area contributed by atoms with E-state index in [1.165, 1.54) is 0 Å². The van der Waals surface area contributed by atoms with Gasteiger partial charge < -0.3 is 5.32 Å². The van der Waals surface area contributed by atoms with Crippen LogP contribution in [0.4, 0.5) is 11.5 Å². The predicted octanol–water partition coefficient (Wildman–Crippen LogP) is 5.38. The predicted molar refractivity (Wildman–Crippen MR) is 110 cm³/mol. The molecule has 27 heavy (non-hydrogen) atoms. The zero-order valence-corrected chi connectivity index (χ0v) is 15.5. The topological polar surface area (TPSA) is 45.2 Å². The van der Waals surface area contributed by atoms with Gasteiger partial charge in [-0.3, -0.25) is 9.69 Å². The van der Waals surface area contributed by atoms with Crippen LogP contribution in [0.5, 0.6) is 0 Å². The monoisotopic (exact) mass is 371 g/mol. The van der Waals surface area contributed by atoms with E-state index in [1.54, 1.807) is 11.3 Å². The number of fused-ring (bicyclic) bond motifs is 2. The summed E-state index contributed by atoms with van der Waals surface area (Å²) in [6.07, 6.45) is -0.277. The molecule has 4 aromatic rings. The summed E-state index contributed by atoms with van der Waals surface area (Å²) in [6, 6.07) is 21.7. The SMILES string of the molecule is Cc1ccsc1[C@@H]1Nc2nc3ccccc3cc2C(=O)N1c1ccccc1. The summed E-state index contributed by atoms with van der Waals surface area (Å²) in [5.41, 5.74) is 3.51. The summed E-state index contributed by atoms with van der Waals surface area (Å²) in [5.74, 6) is 0.606. The van der Waals surface area contributed by atoms with Crippen LogP contribution < -0.4 is 10.2 Å². The first-order valence-electron chi connectivity index (χ1n) is 8.81. The van der Waals surface area contributed by atoms with E-state index in [0.29, 0.717) is 11.4 Å². The highest BCUT2D eigenvalue weighted by Gasteiger charge is 2.36. The molecule has 0 saturated carbocycles. The van der Waals surface area contributed by atoms with Crippen LogP contribution in [-0.4, -0.2) is 10.9 Å². The van der Waals surface area contributed by atoms with E-state index in [-0.39, 0.29) is 12.1 Å². The van der Waals surface area contributed by atoms with Crippen LogP contribution in [0.3, 0.4) is 0 Å². The molecule has 132 valence electrons. The molecule has 5 heteroatoms. The third-order valence-corrected chi connectivity index (χ3v) is 5.96. The molecule has 0 radical (unpaired) electrons. The molecule has 1 atom stereocenters. The number of rotatable bonds is 2. The van der Waals surface area contributed by atoms with Crippen molar-refractivity contribution in [1.29, 1.82) is 0 Å². The normalized spacial score (nSPS) is 16.3. The van der Waals surface area contributed by atoms with Gasteiger partial charge in [-0.05, 0) is 48.2 Å². The molecule has 1 aliphatic heterocycles. The van der Waals surface area contributed by atoms with Crippen molar-refractivity contribution in [3.8, 4) is 0 Å². The summed E-state index contributed by atoms with van der Waals surface area (Å²) in [5, 5.41) is 6.54. The number of nitrogens with zero attached hydrogens (tertiary/aromatic N) is 2. The molecule has 1 amide bonds. The van der Waals surface area contributed by atoms with Crippen LogP contribution in [-0.2, 0) is 0 Å². The van der Waals surface area contributed by atoms with Crippen molar-refractivity contribution >= 4 is 39.7 Å². The number of hydrogen-bond acceptors (Lipinski definition) is 4. The van der Waals surface area contributed by atoms with Gasteiger partial charge in [-0.25, -0.2) is 4.98 Å². The number of thiophene rings is 1. The smallest absolute Gasteiger partial charge is 0.264 e. The molecule has 3 heterocycles. The molecule has 0 aliphatic carbocycles. The number of amides is 1. The van der Waals surface area contributed by atoms with E-state index in [0.717, 1.165) is 27.0 Å². The first-order valence-corrected chi connectivity index (χ1v) is 9.69. The highest BCUT2D eigenvalue weighted by atomic mass is 32.1. The Bertz CT molecular complexity index is 1150. The minimum Gasteiger partial charge on any atom is -0.344 e. The molecule has 0 fully saturated rings. The fourth-order valence-corrected chi connectivity index (χ4v) is 4.50. The lowest BCUT2D eigenvalue weighted by Crippen LogP contribution is -2.43. The third kappa shape index (κ3) is 2.59. The van der Waals surface area contributed by atoms with Crippen LogP contribution >= 0.6 is 11.3 Å².